The second kappa shape index (κ2) is 7.03. The van der Waals surface area contributed by atoms with Crippen molar-refractivity contribution in [1.82, 2.24) is 20.0 Å². The Bertz CT molecular complexity index is 1120. The molecule has 0 spiro atoms. The number of amides is 1. The number of aromatic nitrogens is 4. The van der Waals surface area contributed by atoms with Gasteiger partial charge in [-0.15, -0.1) is 5.10 Å². The molecule has 0 aliphatic carbocycles. The number of alkyl halides is 3. The minimum absolute atomic E-state index is 0.166. The number of nitrogens with one attached hydrogen (secondary N) is 1. The Balaban J connectivity index is 1.82. The lowest BCUT2D eigenvalue weighted by molar-refractivity contribution is -0.137. The first-order valence-corrected chi connectivity index (χ1v) is 9.51. The number of halogens is 3. The highest BCUT2D eigenvalue weighted by Crippen LogP contribution is 2.33. The zero-order valence-corrected chi connectivity index (χ0v) is 15.0. The van der Waals surface area contributed by atoms with Crippen LogP contribution in [0.2, 0.25) is 0 Å². The van der Waals surface area contributed by atoms with Crippen molar-refractivity contribution in [2.45, 2.75) is 11.2 Å². The third-order valence-corrected chi connectivity index (χ3v) is 4.56. The fourth-order valence-electron chi connectivity index (χ4n) is 2.27. The molecule has 0 aliphatic rings. The van der Waals surface area contributed by atoms with Crippen molar-refractivity contribution in [3.05, 3.63) is 60.0 Å². The molecule has 3 rings (SSSR count). The van der Waals surface area contributed by atoms with Crippen LogP contribution in [0.1, 0.15) is 16.1 Å². The van der Waals surface area contributed by atoms with E-state index in [9.17, 15) is 26.4 Å². The molecule has 0 atom stereocenters. The van der Waals surface area contributed by atoms with E-state index in [-0.39, 0.29) is 22.1 Å². The van der Waals surface area contributed by atoms with E-state index in [0.29, 0.717) is 0 Å². The maximum Gasteiger partial charge on any atom is 0.418 e. The van der Waals surface area contributed by atoms with Crippen molar-refractivity contribution < 1.29 is 26.4 Å². The second-order valence-electron chi connectivity index (χ2n) is 5.67. The van der Waals surface area contributed by atoms with Gasteiger partial charge in [-0.3, -0.25) is 4.79 Å². The summed E-state index contributed by atoms with van der Waals surface area (Å²) < 4.78 is 62.9. The fraction of sp³-hybridized carbons (Fsp3) is 0.125. The number of benzene rings is 1. The molecule has 28 heavy (non-hydrogen) atoms. The Hall–Kier alpha value is -3.28. The first kappa shape index (κ1) is 19.5. The van der Waals surface area contributed by atoms with Crippen molar-refractivity contribution >= 4 is 21.4 Å². The average Bonchev–Trinajstić information content (AvgIpc) is 3.11. The van der Waals surface area contributed by atoms with Gasteiger partial charge in [0.05, 0.1) is 29.3 Å². The van der Waals surface area contributed by atoms with Gasteiger partial charge in [-0.25, -0.2) is 18.1 Å². The predicted molar refractivity (Wildman–Crippen MR) is 91.7 cm³/mol. The molecule has 3 aromatic rings. The predicted octanol–water partition coefficient (Wildman–Crippen LogP) is 2.34. The van der Waals surface area contributed by atoms with E-state index in [2.05, 4.69) is 20.6 Å². The van der Waals surface area contributed by atoms with Crippen LogP contribution in [0.25, 0.3) is 5.69 Å². The summed E-state index contributed by atoms with van der Waals surface area (Å²) in [6.45, 7) is 0. The van der Waals surface area contributed by atoms with Crippen LogP contribution in [0.4, 0.5) is 18.9 Å². The summed E-state index contributed by atoms with van der Waals surface area (Å²) in [6.07, 6.45) is -1.42. The number of sulfone groups is 1. The SMILES string of the molecule is CS(=O)(=O)c1ccc(NC(=O)c2cn(-c3ccccc3C(F)(F)F)nn2)cn1. The van der Waals surface area contributed by atoms with Crippen LogP contribution in [0.3, 0.4) is 0 Å². The first-order valence-electron chi connectivity index (χ1n) is 7.62. The maximum absolute atomic E-state index is 13.1. The van der Waals surface area contributed by atoms with Gasteiger partial charge < -0.3 is 5.32 Å². The fourth-order valence-corrected chi connectivity index (χ4v) is 2.83. The number of rotatable bonds is 4. The molecule has 2 aromatic heterocycles. The van der Waals surface area contributed by atoms with Crippen LogP contribution in [0.5, 0.6) is 0 Å². The Morgan fingerprint density at radius 3 is 2.46 bits per heavy atom. The van der Waals surface area contributed by atoms with E-state index in [1.54, 1.807) is 0 Å². The number of carbonyl (C=O) groups is 1. The molecular formula is C16H12F3N5O3S. The van der Waals surface area contributed by atoms with Crippen molar-refractivity contribution in [1.29, 1.82) is 0 Å². The van der Waals surface area contributed by atoms with Gasteiger partial charge in [0.2, 0.25) is 0 Å². The molecule has 1 N–H and O–H groups in total. The zero-order chi connectivity index (χ0) is 20.5. The molecule has 2 heterocycles. The molecule has 0 aliphatic heterocycles. The Morgan fingerprint density at radius 1 is 1.14 bits per heavy atom. The minimum Gasteiger partial charge on any atom is -0.319 e. The summed E-state index contributed by atoms with van der Waals surface area (Å²) in [6, 6.07) is 7.27. The molecule has 0 unspecified atom stereocenters. The number of para-hydroxylation sites is 1. The molecule has 1 aromatic carbocycles. The third kappa shape index (κ3) is 4.17. The lowest BCUT2D eigenvalue weighted by Gasteiger charge is -2.11. The molecule has 0 saturated heterocycles. The van der Waals surface area contributed by atoms with E-state index >= 15 is 0 Å². The van der Waals surface area contributed by atoms with E-state index in [4.69, 9.17) is 0 Å². The molecular weight excluding hydrogens is 399 g/mol. The van der Waals surface area contributed by atoms with Crippen LogP contribution in [0, 0.1) is 0 Å². The largest absolute Gasteiger partial charge is 0.418 e. The van der Waals surface area contributed by atoms with Gasteiger partial charge in [0, 0.05) is 6.26 Å². The number of anilines is 1. The monoisotopic (exact) mass is 411 g/mol. The topological polar surface area (TPSA) is 107 Å². The molecule has 146 valence electrons. The standard InChI is InChI=1S/C16H12F3N5O3S/c1-28(26,27)14-7-6-10(8-20-14)21-15(25)12-9-24(23-22-12)13-5-3-2-4-11(13)16(17,18)19/h2-9H,1H3,(H,21,25). The summed E-state index contributed by atoms with van der Waals surface area (Å²) in [5.74, 6) is -0.746. The number of carbonyl (C=O) groups excluding carboxylic acids is 1. The van der Waals surface area contributed by atoms with Crippen LogP contribution in [0.15, 0.2) is 53.8 Å². The Labute approximate surface area is 156 Å². The van der Waals surface area contributed by atoms with Gasteiger partial charge in [-0.2, -0.15) is 13.2 Å². The summed E-state index contributed by atoms with van der Waals surface area (Å²) in [7, 11) is -3.49. The van der Waals surface area contributed by atoms with Crippen LogP contribution >= 0.6 is 0 Å². The van der Waals surface area contributed by atoms with Crippen molar-refractivity contribution in [2.24, 2.45) is 0 Å². The van der Waals surface area contributed by atoms with Crippen LogP contribution < -0.4 is 5.32 Å². The number of hydrogen-bond acceptors (Lipinski definition) is 6. The highest BCUT2D eigenvalue weighted by molar-refractivity contribution is 7.90. The average molecular weight is 411 g/mol. The molecule has 1 amide bonds. The van der Waals surface area contributed by atoms with Crippen LogP contribution in [-0.2, 0) is 16.0 Å². The number of nitrogens with zero attached hydrogens (tertiary/aromatic N) is 4. The molecule has 0 radical (unpaired) electrons. The van der Waals surface area contributed by atoms with E-state index in [1.807, 2.05) is 0 Å². The van der Waals surface area contributed by atoms with E-state index in [1.165, 1.54) is 30.3 Å². The number of pyridine rings is 1. The highest BCUT2D eigenvalue weighted by atomic mass is 32.2. The third-order valence-electron chi connectivity index (χ3n) is 3.56. The van der Waals surface area contributed by atoms with Gasteiger partial charge in [0.25, 0.3) is 5.91 Å². The summed E-state index contributed by atoms with van der Waals surface area (Å²) in [5, 5.41) is 9.41. The zero-order valence-electron chi connectivity index (χ0n) is 14.2. The normalized spacial score (nSPS) is 12.0. The van der Waals surface area contributed by atoms with Crippen molar-refractivity contribution in [2.75, 3.05) is 11.6 Å². The van der Waals surface area contributed by atoms with Gasteiger partial charge in [0.1, 0.15) is 0 Å². The highest BCUT2D eigenvalue weighted by Gasteiger charge is 2.34. The molecule has 12 heteroatoms. The Kier molecular flexibility index (Phi) is 4.89. The molecule has 0 fully saturated rings. The molecule has 8 nitrogen and oxygen atoms in total. The van der Waals surface area contributed by atoms with Gasteiger partial charge >= 0.3 is 6.18 Å². The van der Waals surface area contributed by atoms with Crippen molar-refractivity contribution in [3.63, 3.8) is 0 Å². The summed E-state index contributed by atoms with van der Waals surface area (Å²) in [5.41, 5.74) is -1.25. The van der Waals surface area contributed by atoms with Crippen LogP contribution in [-0.4, -0.2) is 40.6 Å². The quantitative estimate of drug-likeness (QED) is 0.706. The summed E-state index contributed by atoms with van der Waals surface area (Å²) in [4.78, 5) is 15.9. The van der Waals surface area contributed by atoms with E-state index in [0.717, 1.165) is 29.4 Å². The van der Waals surface area contributed by atoms with E-state index < -0.39 is 27.5 Å². The van der Waals surface area contributed by atoms with Crippen molar-refractivity contribution in [3.8, 4) is 5.69 Å². The smallest absolute Gasteiger partial charge is 0.319 e. The molecule has 0 bridgehead atoms. The maximum atomic E-state index is 13.1. The number of hydrogen-bond donors (Lipinski definition) is 1. The minimum atomic E-state index is -4.60. The second-order valence-corrected chi connectivity index (χ2v) is 7.64. The van der Waals surface area contributed by atoms with Gasteiger partial charge in [-0.05, 0) is 24.3 Å². The lowest BCUT2D eigenvalue weighted by atomic mass is 10.1. The molecule has 0 saturated carbocycles. The van der Waals surface area contributed by atoms with Gasteiger partial charge in [0.15, 0.2) is 20.6 Å². The first-order chi connectivity index (χ1) is 13.1. The lowest BCUT2D eigenvalue weighted by Crippen LogP contribution is -2.13. The summed E-state index contributed by atoms with van der Waals surface area (Å²) >= 11 is 0. The Morgan fingerprint density at radius 2 is 1.86 bits per heavy atom. The van der Waals surface area contributed by atoms with Gasteiger partial charge in [-0.1, -0.05) is 17.3 Å².